The van der Waals surface area contributed by atoms with Gasteiger partial charge in [-0.3, -0.25) is 4.79 Å². The molecule has 6 rings (SSSR count). The predicted octanol–water partition coefficient (Wildman–Crippen LogP) is 3.70. The summed E-state index contributed by atoms with van der Waals surface area (Å²) in [5.74, 6) is 3.45. The van der Waals surface area contributed by atoms with Gasteiger partial charge in [0.2, 0.25) is 5.91 Å². The molecule has 0 radical (unpaired) electrons. The van der Waals surface area contributed by atoms with Gasteiger partial charge in [-0.25, -0.2) is 14.6 Å². The van der Waals surface area contributed by atoms with Crippen molar-refractivity contribution in [2.75, 3.05) is 18.1 Å². The van der Waals surface area contributed by atoms with Crippen LogP contribution in [0.5, 0.6) is 0 Å². The van der Waals surface area contributed by atoms with Crippen molar-refractivity contribution in [1.82, 2.24) is 25.1 Å². The summed E-state index contributed by atoms with van der Waals surface area (Å²) in [6, 6.07) is 0.278. The number of hydrogen-bond donors (Lipinski definition) is 2. The number of nitrogens with one attached hydrogen (secondary N) is 2. The average molecular weight is 429 g/mol. The number of aromatic nitrogens is 4. The Kier molecular flexibility index (Phi) is 5.16. The topological polar surface area (TPSA) is 84.7 Å². The molecule has 7 nitrogen and oxygen atoms in total. The molecule has 30 heavy (non-hydrogen) atoms. The Hall–Kier alpha value is -1.83. The van der Waals surface area contributed by atoms with Gasteiger partial charge in [0.25, 0.3) is 0 Å². The van der Waals surface area contributed by atoms with Crippen LogP contribution in [0.1, 0.15) is 52.4 Å². The van der Waals surface area contributed by atoms with Crippen molar-refractivity contribution in [2.24, 2.45) is 23.2 Å². The number of rotatable bonds is 7. The second-order valence-corrected chi connectivity index (χ2v) is 10.7. The Balaban J connectivity index is 1.28. The van der Waals surface area contributed by atoms with Crippen molar-refractivity contribution < 1.29 is 4.79 Å². The zero-order chi connectivity index (χ0) is 20.9. The largest absolute Gasteiger partial charge is 0.367 e. The summed E-state index contributed by atoms with van der Waals surface area (Å²) in [4.78, 5) is 22.5. The lowest BCUT2D eigenvalue weighted by atomic mass is 9.49. The minimum absolute atomic E-state index is 0.0938. The molecule has 0 unspecified atom stereocenters. The van der Waals surface area contributed by atoms with E-state index in [0.29, 0.717) is 13.1 Å². The highest BCUT2D eigenvalue weighted by Crippen LogP contribution is 2.60. The number of hydrogen-bond acceptors (Lipinski definition) is 6. The van der Waals surface area contributed by atoms with Crippen LogP contribution in [0.15, 0.2) is 11.4 Å². The molecule has 4 aliphatic rings. The molecule has 0 aliphatic heterocycles. The van der Waals surface area contributed by atoms with Crippen LogP contribution in [0.2, 0.25) is 0 Å². The SMILES string of the molecule is CSc1nc(NC(C)C)c2cnn(CCNC(=O)C34CC5CC(CC(C5)C3)C4)c2n1. The maximum absolute atomic E-state index is 13.2. The van der Waals surface area contributed by atoms with Gasteiger partial charge in [0.15, 0.2) is 10.8 Å². The van der Waals surface area contributed by atoms with E-state index in [2.05, 4.69) is 39.5 Å². The van der Waals surface area contributed by atoms with Crippen LogP contribution in [-0.2, 0) is 11.3 Å². The van der Waals surface area contributed by atoms with E-state index in [9.17, 15) is 4.79 Å². The van der Waals surface area contributed by atoms with Gasteiger partial charge in [0.05, 0.1) is 18.1 Å². The molecule has 2 aromatic rings. The smallest absolute Gasteiger partial charge is 0.226 e. The van der Waals surface area contributed by atoms with Gasteiger partial charge in [-0.1, -0.05) is 11.8 Å². The van der Waals surface area contributed by atoms with Crippen LogP contribution in [0.25, 0.3) is 11.0 Å². The van der Waals surface area contributed by atoms with E-state index >= 15 is 0 Å². The second-order valence-electron chi connectivity index (χ2n) is 9.92. The van der Waals surface area contributed by atoms with E-state index in [-0.39, 0.29) is 17.4 Å². The number of amides is 1. The first-order valence-electron chi connectivity index (χ1n) is 11.3. The van der Waals surface area contributed by atoms with E-state index in [1.165, 1.54) is 31.0 Å². The van der Waals surface area contributed by atoms with Crippen molar-refractivity contribution in [2.45, 2.75) is 70.1 Å². The van der Waals surface area contributed by atoms with Crippen LogP contribution < -0.4 is 10.6 Å². The first-order chi connectivity index (χ1) is 14.5. The quantitative estimate of drug-likeness (QED) is 0.517. The molecular weight excluding hydrogens is 396 g/mol. The summed E-state index contributed by atoms with van der Waals surface area (Å²) in [7, 11) is 0. The van der Waals surface area contributed by atoms with Gasteiger partial charge in [0.1, 0.15) is 5.82 Å². The predicted molar refractivity (Wildman–Crippen MR) is 119 cm³/mol. The highest BCUT2D eigenvalue weighted by atomic mass is 32.2. The van der Waals surface area contributed by atoms with Gasteiger partial charge in [0, 0.05) is 18.0 Å². The van der Waals surface area contributed by atoms with Crippen molar-refractivity contribution in [3.63, 3.8) is 0 Å². The molecule has 8 heteroatoms. The minimum Gasteiger partial charge on any atom is -0.367 e. The molecule has 162 valence electrons. The van der Waals surface area contributed by atoms with Crippen LogP contribution in [-0.4, -0.2) is 44.5 Å². The van der Waals surface area contributed by atoms with Crippen LogP contribution in [0, 0.1) is 23.2 Å². The van der Waals surface area contributed by atoms with E-state index < -0.39 is 0 Å². The fourth-order valence-electron chi connectivity index (χ4n) is 6.43. The number of fused-ring (bicyclic) bond motifs is 1. The summed E-state index contributed by atoms with van der Waals surface area (Å²) in [5.41, 5.74) is 0.727. The zero-order valence-corrected chi connectivity index (χ0v) is 19.0. The van der Waals surface area contributed by atoms with E-state index in [1.807, 2.05) is 17.1 Å². The van der Waals surface area contributed by atoms with E-state index in [4.69, 9.17) is 0 Å². The molecule has 0 spiro atoms. The summed E-state index contributed by atoms with van der Waals surface area (Å²) in [6.07, 6.45) is 11.2. The van der Waals surface area contributed by atoms with Crippen LogP contribution >= 0.6 is 11.8 Å². The third kappa shape index (κ3) is 3.57. The third-order valence-electron chi connectivity index (χ3n) is 7.21. The molecule has 2 heterocycles. The van der Waals surface area contributed by atoms with Gasteiger partial charge in [-0.2, -0.15) is 5.10 Å². The Labute approximate surface area is 182 Å². The lowest BCUT2D eigenvalue weighted by Crippen LogP contribution is -2.53. The lowest BCUT2D eigenvalue weighted by molar-refractivity contribution is -0.146. The first kappa shape index (κ1) is 20.1. The number of carbonyl (C=O) groups is 1. The monoisotopic (exact) mass is 428 g/mol. The van der Waals surface area contributed by atoms with Crippen molar-refractivity contribution >= 4 is 34.5 Å². The summed E-state index contributed by atoms with van der Waals surface area (Å²) < 4.78 is 1.89. The van der Waals surface area contributed by atoms with Gasteiger partial charge in [-0.05, 0) is 76.4 Å². The zero-order valence-electron chi connectivity index (χ0n) is 18.1. The molecule has 2 N–H and O–H groups in total. The maximum Gasteiger partial charge on any atom is 0.226 e. The highest BCUT2D eigenvalue weighted by Gasteiger charge is 2.54. The normalized spacial score (nSPS) is 29.7. The molecule has 1 amide bonds. The Morgan fingerprint density at radius 1 is 1.20 bits per heavy atom. The van der Waals surface area contributed by atoms with Gasteiger partial charge < -0.3 is 10.6 Å². The highest BCUT2D eigenvalue weighted by molar-refractivity contribution is 7.98. The number of thioether (sulfide) groups is 1. The summed E-state index contributed by atoms with van der Waals surface area (Å²) in [6.45, 7) is 5.39. The van der Waals surface area contributed by atoms with Gasteiger partial charge in [-0.15, -0.1) is 0 Å². The Morgan fingerprint density at radius 2 is 1.87 bits per heavy atom. The van der Waals surface area contributed by atoms with E-state index in [1.54, 1.807) is 0 Å². The fourth-order valence-corrected chi connectivity index (χ4v) is 6.79. The Morgan fingerprint density at radius 3 is 2.47 bits per heavy atom. The number of nitrogens with zero attached hydrogens (tertiary/aromatic N) is 4. The van der Waals surface area contributed by atoms with Crippen molar-refractivity contribution in [1.29, 1.82) is 0 Å². The molecular formula is C22H32N6OS. The van der Waals surface area contributed by atoms with Gasteiger partial charge >= 0.3 is 0 Å². The fraction of sp³-hybridized carbons (Fsp3) is 0.727. The minimum atomic E-state index is -0.0938. The molecule has 2 aromatic heterocycles. The molecule has 0 aromatic carbocycles. The standard InChI is InChI=1S/C22H32N6OS/c1-13(2)25-18-17-12-24-28(19(17)27-21(26-18)30-3)5-4-23-20(29)22-9-14-6-15(10-22)8-16(7-14)11-22/h12-16H,4-11H2,1-3H3,(H,23,29)(H,25,26,27). The maximum atomic E-state index is 13.2. The van der Waals surface area contributed by atoms with Crippen LogP contribution in [0.3, 0.4) is 0 Å². The molecule has 4 fully saturated rings. The van der Waals surface area contributed by atoms with Crippen LogP contribution in [0.4, 0.5) is 5.82 Å². The lowest BCUT2D eigenvalue weighted by Gasteiger charge is -2.55. The summed E-state index contributed by atoms with van der Waals surface area (Å²) in [5, 5.41) is 12.8. The molecule has 0 atom stereocenters. The second kappa shape index (κ2) is 7.70. The van der Waals surface area contributed by atoms with Crippen molar-refractivity contribution in [3.8, 4) is 0 Å². The van der Waals surface area contributed by atoms with E-state index in [0.717, 1.165) is 59.0 Å². The number of anilines is 1. The molecule has 4 bridgehead atoms. The molecule has 4 saturated carbocycles. The Bertz CT molecular complexity index is 919. The summed E-state index contributed by atoms with van der Waals surface area (Å²) >= 11 is 1.52. The molecule has 4 aliphatic carbocycles. The molecule has 0 saturated heterocycles. The number of carbonyl (C=O) groups excluding carboxylic acids is 1. The van der Waals surface area contributed by atoms with Crippen molar-refractivity contribution in [3.05, 3.63) is 6.20 Å². The average Bonchev–Trinajstić information content (AvgIpc) is 3.09. The first-order valence-corrected chi connectivity index (χ1v) is 12.5. The third-order valence-corrected chi connectivity index (χ3v) is 7.76.